The van der Waals surface area contributed by atoms with Crippen LogP contribution in [0.25, 0.3) is 11.0 Å². The largest absolute Gasteiger partial charge is 0.484 e. The normalized spacial score (nSPS) is 10.7. The highest BCUT2D eigenvalue weighted by Crippen LogP contribution is 2.23. The summed E-state index contributed by atoms with van der Waals surface area (Å²) in [4.78, 5) is 23.6. The second kappa shape index (κ2) is 7.87. The summed E-state index contributed by atoms with van der Waals surface area (Å²) >= 11 is 0. The second-order valence-corrected chi connectivity index (χ2v) is 5.95. The van der Waals surface area contributed by atoms with Gasteiger partial charge in [0.2, 0.25) is 0 Å². The maximum absolute atomic E-state index is 12.3. The van der Waals surface area contributed by atoms with Crippen molar-refractivity contribution in [3.8, 4) is 5.75 Å². The van der Waals surface area contributed by atoms with Crippen molar-refractivity contribution in [2.45, 2.75) is 26.7 Å². The Hall–Kier alpha value is -3.08. The fraction of sp³-hybridized carbons (Fsp3) is 0.238. The van der Waals surface area contributed by atoms with E-state index in [0.717, 1.165) is 35.0 Å². The summed E-state index contributed by atoms with van der Waals surface area (Å²) in [6.07, 6.45) is 1.68. The number of carbonyl (C=O) groups excluding carboxylic acids is 1. The Morgan fingerprint density at radius 1 is 1.04 bits per heavy atom. The van der Waals surface area contributed by atoms with Gasteiger partial charge >= 0.3 is 5.63 Å². The molecule has 26 heavy (non-hydrogen) atoms. The molecule has 0 saturated carbocycles. The Balaban J connectivity index is 1.71. The van der Waals surface area contributed by atoms with E-state index in [4.69, 9.17) is 9.15 Å². The SMILES string of the molecule is CCc1cccc(CC)c1NC(=O)COc1ccc2ccc(=O)oc2c1. The average Bonchev–Trinajstić information content (AvgIpc) is 2.66. The molecule has 0 fully saturated rings. The highest BCUT2D eigenvalue weighted by Gasteiger charge is 2.11. The number of fused-ring (bicyclic) bond motifs is 1. The van der Waals surface area contributed by atoms with Crippen molar-refractivity contribution in [1.29, 1.82) is 0 Å². The summed E-state index contributed by atoms with van der Waals surface area (Å²) in [5, 5.41) is 3.76. The van der Waals surface area contributed by atoms with Crippen LogP contribution in [0.3, 0.4) is 0 Å². The van der Waals surface area contributed by atoms with E-state index < -0.39 is 5.63 Å². The first-order chi connectivity index (χ1) is 12.6. The van der Waals surface area contributed by atoms with E-state index in [1.54, 1.807) is 24.3 Å². The molecule has 1 aromatic heterocycles. The van der Waals surface area contributed by atoms with Gasteiger partial charge in [-0.15, -0.1) is 0 Å². The van der Waals surface area contributed by atoms with Gasteiger partial charge in [0.15, 0.2) is 6.61 Å². The number of amides is 1. The van der Waals surface area contributed by atoms with Crippen molar-refractivity contribution in [3.63, 3.8) is 0 Å². The monoisotopic (exact) mass is 351 g/mol. The Bertz CT molecular complexity index is 968. The van der Waals surface area contributed by atoms with Crippen LogP contribution in [0.2, 0.25) is 0 Å². The number of hydrogen-bond acceptors (Lipinski definition) is 4. The summed E-state index contributed by atoms with van der Waals surface area (Å²) < 4.78 is 10.7. The summed E-state index contributed by atoms with van der Waals surface area (Å²) in [7, 11) is 0. The lowest BCUT2D eigenvalue weighted by atomic mass is 10.0. The molecule has 0 atom stereocenters. The molecule has 1 heterocycles. The van der Waals surface area contributed by atoms with E-state index in [2.05, 4.69) is 19.2 Å². The quantitative estimate of drug-likeness (QED) is 0.683. The Kier molecular flexibility index (Phi) is 5.37. The molecular formula is C21H21NO4. The third kappa shape index (κ3) is 3.94. The first-order valence-corrected chi connectivity index (χ1v) is 8.68. The molecular weight excluding hydrogens is 330 g/mol. The highest BCUT2D eigenvalue weighted by molar-refractivity contribution is 5.93. The predicted octanol–water partition coefficient (Wildman–Crippen LogP) is 3.94. The van der Waals surface area contributed by atoms with Crippen LogP contribution in [0.5, 0.6) is 5.75 Å². The van der Waals surface area contributed by atoms with Crippen LogP contribution >= 0.6 is 0 Å². The third-order valence-corrected chi connectivity index (χ3v) is 4.23. The third-order valence-electron chi connectivity index (χ3n) is 4.23. The smallest absolute Gasteiger partial charge is 0.336 e. The zero-order chi connectivity index (χ0) is 18.5. The van der Waals surface area contributed by atoms with E-state index in [0.29, 0.717) is 11.3 Å². The van der Waals surface area contributed by atoms with Crippen LogP contribution in [-0.2, 0) is 17.6 Å². The molecule has 0 saturated heterocycles. The van der Waals surface area contributed by atoms with Crippen molar-refractivity contribution in [3.05, 3.63) is 70.1 Å². The Labute approximate surface area is 151 Å². The zero-order valence-electron chi connectivity index (χ0n) is 14.9. The molecule has 5 nitrogen and oxygen atoms in total. The molecule has 0 spiro atoms. The molecule has 0 bridgehead atoms. The van der Waals surface area contributed by atoms with Gasteiger partial charge in [-0.1, -0.05) is 32.0 Å². The number of aryl methyl sites for hydroxylation is 2. The molecule has 5 heteroatoms. The number of benzene rings is 2. The summed E-state index contributed by atoms with van der Waals surface area (Å²) in [5.74, 6) is 0.247. The first-order valence-electron chi connectivity index (χ1n) is 8.68. The number of ether oxygens (including phenoxy) is 1. The van der Waals surface area contributed by atoms with Crippen LogP contribution in [0.1, 0.15) is 25.0 Å². The van der Waals surface area contributed by atoms with Crippen molar-refractivity contribution in [1.82, 2.24) is 0 Å². The zero-order valence-corrected chi connectivity index (χ0v) is 14.9. The Morgan fingerprint density at radius 2 is 1.73 bits per heavy atom. The molecule has 0 aliphatic heterocycles. The first kappa shape index (κ1) is 17.7. The second-order valence-electron chi connectivity index (χ2n) is 5.95. The molecule has 2 aromatic carbocycles. The van der Waals surface area contributed by atoms with E-state index in [9.17, 15) is 9.59 Å². The van der Waals surface area contributed by atoms with Crippen LogP contribution in [0.15, 0.2) is 57.7 Å². The number of hydrogen-bond donors (Lipinski definition) is 1. The van der Waals surface area contributed by atoms with Gasteiger partial charge in [0.05, 0.1) is 0 Å². The van der Waals surface area contributed by atoms with E-state index in [-0.39, 0.29) is 12.5 Å². The van der Waals surface area contributed by atoms with Crippen molar-refractivity contribution in [2.75, 3.05) is 11.9 Å². The molecule has 1 amide bonds. The predicted molar refractivity (Wildman–Crippen MR) is 102 cm³/mol. The van der Waals surface area contributed by atoms with Crippen molar-refractivity contribution in [2.24, 2.45) is 0 Å². The average molecular weight is 351 g/mol. The Morgan fingerprint density at radius 3 is 2.42 bits per heavy atom. The summed E-state index contributed by atoms with van der Waals surface area (Å²) in [6.45, 7) is 4.00. The standard InChI is InChI=1S/C21H21NO4/c1-3-14-6-5-7-15(4-2)21(14)22-19(23)13-25-17-10-8-16-9-11-20(24)26-18(16)12-17/h5-12H,3-4,13H2,1-2H3,(H,22,23). The lowest BCUT2D eigenvalue weighted by molar-refractivity contribution is -0.118. The van der Waals surface area contributed by atoms with Gasteiger partial charge < -0.3 is 14.5 Å². The van der Waals surface area contributed by atoms with Gasteiger partial charge in [0.1, 0.15) is 11.3 Å². The maximum atomic E-state index is 12.3. The molecule has 0 unspecified atom stereocenters. The lowest BCUT2D eigenvalue weighted by Gasteiger charge is -2.14. The van der Waals surface area contributed by atoms with E-state index in [1.165, 1.54) is 6.07 Å². The molecule has 0 aliphatic rings. The van der Waals surface area contributed by atoms with Crippen molar-refractivity contribution >= 4 is 22.6 Å². The fourth-order valence-corrected chi connectivity index (χ4v) is 2.86. The number of rotatable bonds is 6. The number of para-hydroxylation sites is 1. The van der Waals surface area contributed by atoms with Gasteiger partial charge in [-0.25, -0.2) is 4.79 Å². The summed E-state index contributed by atoms with van der Waals surface area (Å²) in [6, 6.07) is 14.2. The molecule has 134 valence electrons. The highest BCUT2D eigenvalue weighted by atomic mass is 16.5. The fourth-order valence-electron chi connectivity index (χ4n) is 2.86. The van der Waals surface area contributed by atoms with Crippen LogP contribution in [-0.4, -0.2) is 12.5 Å². The maximum Gasteiger partial charge on any atom is 0.336 e. The van der Waals surface area contributed by atoms with Gasteiger partial charge in [0, 0.05) is 23.2 Å². The van der Waals surface area contributed by atoms with Crippen LogP contribution < -0.4 is 15.7 Å². The molecule has 0 aliphatic carbocycles. The van der Waals surface area contributed by atoms with E-state index >= 15 is 0 Å². The van der Waals surface area contributed by atoms with Gasteiger partial charge in [0.25, 0.3) is 5.91 Å². The number of carbonyl (C=O) groups is 1. The minimum absolute atomic E-state index is 0.121. The number of anilines is 1. The minimum atomic E-state index is -0.421. The van der Waals surface area contributed by atoms with Crippen LogP contribution in [0.4, 0.5) is 5.69 Å². The lowest BCUT2D eigenvalue weighted by Crippen LogP contribution is -2.21. The topological polar surface area (TPSA) is 68.5 Å². The van der Waals surface area contributed by atoms with E-state index in [1.807, 2.05) is 18.2 Å². The molecule has 3 rings (SSSR count). The number of nitrogens with one attached hydrogen (secondary N) is 1. The minimum Gasteiger partial charge on any atom is -0.484 e. The molecule has 0 radical (unpaired) electrons. The van der Waals surface area contributed by atoms with Crippen LogP contribution in [0, 0.1) is 0 Å². The van der Waals surface area contributed by atoms with Crippen molar-refractivity contribution < 1.29 is 13.9 Å². The van der Waals surface area contributed by atoms with Gasteiger partial charge in [-0.3, -0.25) is 4.79 Å². The molecule has 1 N–H and O–H groups in total. The summed E-state index contributed by atoms with van der Waals surface area (Å²) in [5.41, 5.74) is 3.08. The molecule has 3 aromatic rings. The van der Waals surface area contributed by atoms with Gasteiger partial charge in [-0.2, -0.15) is 0 Å². The van der Waals surface area contributed by atoms with Gasteiger partial charge in [-0.05, 0) is 42.2 Å².